The van der Waals surface area contributed by atoms with Crippen LogP contribution in [0.3, 0.4) is 0 Å². The third-order valence-electron chi connectivity index (χ3n) is 3.66. The van der Waals surface area contributed by atoms with Crippen LogP contribution in [0.25, 0.3) is 17.2 Å². The molecule has 0 amide bonds. The first-order valence-corrected chi connectivity index (χ1v) is 8.61. The fraction of sp³-hybridized carbons (Fsp3) is 0.125. The summed E-state index contributed by atoms with van der Waals surface area (Å²) in [6, 6.07) is 8.75. The molecule has 0 fully saturated rings. The standard InChI is InChI=1S/C16H13NO5S/c1-23(21,22)17-8-12(10-5-3-2-4-6-10)14-13(17)7-11(9-18)15(19)16(14)20/h2-8,18H,9H2,1H3. The average molecular weight is 331 g/mol. The van der Waals surface area contributed by atoms with Crippen molar-refractivity contribution in [3.63, 3.8) is 0 Å². The number of aliphatic hydroxyl groups is 1. The number of aromatic nitrogens is 1. The van der Waals surface area contributed by atoms with E-state index >= 15 is 0 Å². The van der Waals surface area contributed by atoms with E-state index < -0.39 is 28.2 Å². The molecule has 1 aromatic heterocycles. The number of fused-ring (bicyclic) bond motifs is 1. The van der Waals surface area contributed by atoms with Crippen LogP contribution in [0.1, 0.15) is 16.1 Å². The highest BCUT2D eigenvalue weighted by molar-refractivity contribution is 7.89. The van der Waals surface area contributed by atoms with Crippen molar-refractivity contribution in [2.75, 3.05) is 12.9 Å². The lowest BCUT2D eigenvalue weighted by molar-refractivity contribution is -0.112. The summed E-state index contributed by atoms with van der Waals surface area (Å²) in [6.07, 6.45) is 3.60. The zero-order chi connectivity index (χ0) is 16.8. The van der Waals surface area contributed by atoms with Crippen LogP contribution in [-0.4, -0.2) is 41.9 Å². The first-order valence-electron chi connectivity index (χ1n) is 6.76. The lowest BCUT2D eigenvalue weighted by Crippen LogP contribution is -2.24. The second-order valence-corrected chi connectivity index (χ2v) is 7.07. The molecular weight excluding hydrogens is 318 g/mol. The van der Waals surface area contributed by atoms with Crippen molar-refractivity contribution in [2.45, 2.75) is 0 Å². The summed E-state index contributed by atoms with van der Waals surface area (Å²) < 4.78 is 25.0. The van der Waals surface area contributed by atoms with Crippen molar-refractivity contribution in [3.8, 4) is 11.1 Å². The summed E-state index contributed by atoms with van der Waals surface area (Å²) in [5.41, 5.74) is 1.03. The first-order chi connectivity index (χ1) is 10.8. The van der Waals surface area contributed by atoms with Crippen molar-refractivity contribution < 1.29 is 23.1 Å². The van der Waals surface area contributed by atoms with Crippen molar-refractivity contribution in [2.24, 2.45) is 0 Å². The molecule has 0 spiro atoms. The van der Waals surface area contributed by atoms with Gasteiger partial charge in [-0.2, -0.15) is 0 Å². The van der Waals surface area contributed by atoms with Crippen LogP contribution in [0, 0.1) is 0 Å². The zero-order valence-electron chi connectivity index (χ0n) is 12.2. The molecule has 3 rings (SSSR count). The summed E-state index contributed by atoms with van der Waals surface area (Å²) in [4.78, 5) is 24.4. The number of nitrogens with zero attached hydrogens (tertiary/aromatic N) is 1. The molecule has 1 N–H and O–H groups in total. The Balaban J connectivity index is 2.39. The molecule has 0 bridgehead atoms. The Kier molecular flexibility index (Phi) is 3.54. The predicted molar refractivity (Wildman–Crippen MR) is 84.5 cm³/mol. The van der Waals surface area contributed by atoms with Crippen molar-refractivity contribution in [3.05, 3.63) is 53.4 Å². The van der Waals surface area contributed by atoms with Crippen LogP contribution in [0.5, 0.6) is 0 Å². The maximum atomic E-state index is 12.4. The van der Waals surface area contributed by atoms with E-state index in [1.807, 2.05) is 0 Å². The fourth-order valence-corrected chi connectivity index (χ4v) is 3.39. The molecule has 0 saturated carbocycles. The van der Waals surface area contributed by atoms with E-state index in [1.165, 1.54) is 12.3 Å². The summed E-state index contributed by atoms with van der Waals surface area (Å²) in [5.74, 6) is -1.63. The number of hydrogen-bond acceptors (Lipinski definition) is 5. The first kappa shape index (κ1) is 15.4. The van der Waals surface area contributed by atoms with E-state index in [4.69, 9.17) is 0 Å². The molecular formula is C16H13NO5S. The molecule has 23 heavy (non-hydrogen) atoms. The monoisotopic (exact) mass is 331 g/mol. The number of rotatable bonds is 3. The van der Waals surface area contributed by atoms with E-state index in [-0.39, 0.29) is 16.8 Å². The van der Waals surface area contributed by atoms with Crippen LogP contribution >= 0.6 is 0 Å². The minimum atomic E-state index is -3.68. The summed E-state index contributed by atoms with van der Waals surface area (Å²) >= 11 is 0. The van der Waals surface area contributed by atoms with Crippen LogP contribution in [0.2, 0.25) is 0 Å². The Morgan fingerprint density at radius 1 is 1.09 bits per heavy atom. The zero-order valence-corrected chi connectivity index (χ0v) is 13.0. The third kappa shape index (κ3) is 2.43. The highest BCUT2D eigenvalue weighted by atomic mass is 32.2. The van der Waals surface area contributed by atoms with Gasteiger partial charge in [-0.05, 0) is 11.6 Å². The minimum Gasteiger partial charge on any atom is -0.392 e. The number of ketones is 2. The van der Waals surface area contributed by atoms with Gasteiger partial charge in [0.25, 0.3) is 0 Å². The van der Waals surface area contributed by atoms with Gasteiger partial charge in [0.15, 0.2) is 0 Å². The van der Waals surface area contributed by atoms with Crippen LogP contribution in [0.4, 0.5) is 0 Å². The lowest BCUT2D eigenvalue weighted by Gasteiger charge is -2.13. The molecule has 0 unspecified atom stereocenters. The predicted octanol–water partition coefficient (Wildman–Crippen LogP) is 1.10. The van der Waals surface area contributed by atoms with Crippen LogP contribution < -0.4 is 0 Å². The van der Waals surface area contributed by atoms with Gasteiger partial charge in [-0.15, -0.1) is 0 Å². The quantitative estimate of drug-likeness (QED) is 0.850. The molecule has 0 aliphatic heterocycles. The number of aliphatic hydroxyl groups excluding tert-OH is 1. The normalized spacial score (nSPS) is 14.6. The van der Waals surface area contributed by atoms with Crippen molar-refractivity contribution in [1.82, 2.24) is 3.97 Å². The van der Waals surface area contributed by atoms with Crippen molar-refractivity contribution >= 4 is 27.7 Å². The van der Waals surface area contributed by atoms with Gasteiger partial charge in [0, 0.05) is 17.3 Å². The Morgan fingerprint density at radius 3 is 2.30 bits per heavy atom. The number of benzene rings is 1. The molecule has 1 aliphatic rings. The van der Waals surface area contributed by atoms with Crippen LogP contribution in [-0.2, 0) is 14.8 Å². The summed E-state index contributed by atoms with van der Waals surface area (Å²) in [7, 11) is -3.68. The lowest BCUT2D eigenvalue weighted by atomic mass is 9.90. The fourth-order valence-electron chi connectivity index (χ4n) is 2.59. The van der Waals surface area contributed by atoms with Gasteiger partial charge in [0.2, 0.25) is 21.6 Å². The second-order valence-electron chi connectivity index (χ2n) is 5.21. The smallest absolute Gasteiger partial charge is 0.236 e. The Hall–Kier alpha value is -2.51. The number of carbonyl (C=O) groups is 2. The molecule has 1 aliphatic carbocycles. The van der Waals surface area contributed by atoms with Gasteiger partial charge >= 0.3 is 0 Å². The molecule has 7 heteroatoms. The molecule has 6 nitrogen and oxygen atoms in total. The molecule has 0 saturated heterocycles. The van der Waals surface area contributed by atoms with E-state index in [2.05, 4.69) is 0 Å². The van der Waals surface area contributed by atoms with E-state index in [0.717, 1.165) is 10.2 Å². The van der Waals surface area contributed by atoms with Gasteiger partial charge < -0.3 is 5.11 Å². The topological polar surface area (TPSA) is 93.4 Å². The second kappa shape index (κ2) is 5.29. The Morgan fingerprint density at radius 2 is 1.74 bits per heavy atom. The maximum Gasteiger partial charge on any atom is 0.236 e. The molecule has 118 valence electrons. The third-order valence-corrected chi connectivity index (χ3v) is 4.67. The maximum absolute atomic E-state index is 12.4. The molecule has 0 atom stereocenters. The van der Waals surface area contributed by atoms with Gasteiger partial charge in [0.05, 0.1) is 24.1 Å². The molecule has 1 aromatic carbocycles. The molecule has 1 heterocycles. The SMILES string of the molecule is CS(=O)(=O)n1cc(-c2ccccc2)c2c1C=C(CO)C(=O)C2=O. The van der Waals surface area contributed by atoms with E-state index in [0.29, 0.717) is 11.1 Å². The van der Waals surface area contributed by atoms with Crippen molar-refractivity contribution in [1.29, 1.82) is 0 Å². The summed E-state index contributed by atoms with van der Waals surface area (Å²) in [5, 5.41) is 9.22. The van der Waals surface area contributed by atoms with E-state index in [9.17, 15) is 23.1 Å². The van der Waals surface area contributed by atoms with Gasteiger partial charge in [-0.25, -0.2) is 12.4 Å². The minimum absolute atomic E-state index is 0.0452. The molecule has 2 aromatic rings. The molecule has 0 radical (unpaired) electrons. The Bertz CT molecular complexity index is 952. The van der Waals surface area contributed by atoms with Gasteiger partial charge in [-0.3, -0.25) is 9.59 Å². The number of Topliss-reactive ketones (excluding diaryl/α,β-unsaturated/α-hetero) is 2. The van der Waals surface area contributed by atoms with Gasteiger partial charge in [0.1, 0.15) is 0 Å². The van der Waals surface area contributed by atoms with Gasteiger partial charge in [-0.1, -0.05) is 30.3 Å². The average Bonchev–Trinajstić information content (AvgIpc) is 2.91. The number of carbonyl (C=O) groups excluding carboxylic acids is 2. The Labute approximate surface area is 132 Å². The largest absolute Gasteiger partial charge is 0.392 e. The van der Waals surface area contributed by atoms with Crippen LogP contribution in [0.15, 0.2) is 42.1 Å². The highest BCUT2D eigenvalue weighted by Crippen LogP contribution is 2.34. The number of hydrogen-bond donors (Lipinski definition) is 1. The summed E-state index contributed by atoms with van der Waals surface area (Å²) in [6.45, 7) is -0.625. The highest BCUT2D eigenvalue weighted by Gasteiger charge is 2.34. The van der Waals surface area contributed by atoms with E-state index in [1.54, 1.807) is 30.3 Å².